The third-order valence-corrected chi connectivity index (χ3v) is 12.4. The Hall–Kier alpha value is -6.05. The van der Waals surface area contributed by atoms with Crippen molar-refractivity contribution >= 4 is 50.0 Å². The minimum Gasteiger partial charge on any atom is -0.371 e. The normalized spacial score (nSPS) is 19.9. The second-order valence-corrected chi connectivity index (χ2v) is 16.5. The number of carbonyl (C=O) groups excluding carboxylic acids is 1. The monoisotopic (exact) mass is 931 g/mol. The minimum absolute atomic E-state index is 0.0240. The number of aromatic nitrogens is 6. The van der Waals surface area contributed by atoms with Gasteiger partial charge in [0.25, 0.3) is 0 Å². The van der Waals surface area contributed by atoms with Gasteiger partial charge < -0.3 is 33.7 Å². The number of nitrogens with one attached hydrogen (secondary N) is 1. The first-order valence-electron chi connectivity index (χ1n) is 20.1. The van der Waals surface area contributed by atoms with E-state index in [0.29, 0.717) is 49.3 Å². The fraction of sp³-hybridized carbons (Fsp3) is 0.295. The highest BCUT2D eigenvalue weighted by Gasteiger charge is 2.39. The summed E-state index contributed by atoms with van der Waals surface area (Å²) in [6.07, 6.45) is -5.39. The molecule has 1 N–H and O–H groups in total. The van der Waals surface area contributed by atoms with Gasteiger partial charge in [-0.3, -0.25) is 0 Å². The van der Waals surface area contributed by atoms with Crippen LogP contribution in [0.1, 0.15) is 46.0 Å². The molecule has 3 unspecified atom stereocenters. The fourth-order valence-electron chi connectivity index (χ4n) is 8.98. The molecule has 3 atom stereocenters. The van der Waals surface area contributed by atoms with Crippen LogP contribution in [-0.2, 0) is 35.0 Å². The summed E-state index contributed by atoms with van der Waals surface area (Å²) < 4.78 is 97.6. The van der Waals surface area contributed by atoms with Crippen molar-refractivity contribution in [2.24, 2.45) is 0 Å². The van der Waals surface area contributed by atoms with E-state index in [-0.39, 0.29) is 49.6 Å². The van der Waals surface area contributed by atoms with Gasteiger partial charge in [0.1, 0.15) is 24.9 Å². The number of nitrogens with zero attached hydrogens (tertiary/aromatic N) is 8. The topological polar surface area (TPSA) is 115 Å². The van der Waals surface area contributed by atoms with E-state index >= 15 is 0 Å². The van der Waals surface area contributed by atoms with Gasteiger partial charge in [-0.2, -0.15) is 26.3 Å². The Bertz CT molecular complexity index is 2870. The van der Waals surface area contributed by atoms with Gasteiger partial charge in [0.15, 0.2) is 0 Å². The molecule has 4 aliphatic heterocycles. The lowest BCUT2D eigenvalue weighted by Gasteiger charge is -2.36. The summed E-state index contributed by atoms with van der Waals surface area (Å²) in [4.78, 5) is 34.1. The second-order valence-electron chi connectivity index (χ2n) is 15.6. The van der Waals surface area contributed by atoms with E-state index in [4.69, 9.17) is 9.47 Å². The van der Waals surface area contributed by atoms with Crippen LogP contribution in [0.15, 0.2) is 102 Å². The Kier molecular flexibility index (Phi) is 10.4. The molecular weight excluding hydrogens is 896 g/mol. The molecule has 4 aromatic carbocycles. The van der Waals surface area contributed by atoms with Crippen molar-refractivity contribution in [1.82, 2.24) is 39.3 Å². The van der Waals surface area contributed by atoms with Crippen molar-refractivity contribution in [2.45, 2.75) is 43.7 Å². The number of alkyl halides is 6. The Morgan fingerprint density at radius 3 is 1.83 bits per heavy atom. The number of urea groups is 1. The SMILES string of the molecule is FC(F)(F)c1ccccc1C1COCc2nc3ccc(Br)cc3n21.O=C1NCC2CN(c3ncc(-c4ccc5nc6n(c5c4)C(c4ccccc4C(F)(F)F)COC6)cn3)CCN12. The first-order chi connectivity index (χ1) is 30.3. The first-order valence-corrected chi connectivity index (χ1v) is 20.9. The molecule has 2 saturated heterocycles. The maximum atomic E-state index is 13.8. The second kappa shape index (κ2) is 15.9. The van der Waals surface area contributed by atoms with Crippen LogP contribution >= 0.6 is 15.9 Å². The molecule has 2 fully saturated rings. The molecule has 0 aliphatic carbocycles. The number of halogens is 7. The van der Waals surface area contributed by atoms with Crippen LogP contribution in [0.5, 0.6) is 0 Å². The lowest BCUT2D eigenvalue weighted by atomic mass is 9.99. The lowest BCUT2D eigenvalue weighted by Crippen LogP contribution is -2.52. The summed E-state index contributed by atoms with van der Waals surface area (Å²) in [6.45, 7) is 3.35. The molecular formula is C44H36BrF6N9O3. The molecule has 0 radical (unpaired) electrons. The Balaban J connectivity index is 0.000000168. The predicted molar refractivity (Wildman–Crippen MR) is 223 cm³/mol. The summed E-state index contributed by atoms with van der Waals surface area (Å²) >= 11 is 3.42. The molecule has 12 nitrogen and oxygen atoms in total. The molecule has 0 bridgehead atoms. The molecule has 11 rings (SSSR count). The zero-order chi connectivity index (χ0) is 43.6. The van der Waals surface area contributed by atoms with E-state index in [9.17, 15) is 31.1 Å². The van der Waals surface area contributed by atoms with Crippen molar-refractivity contribution in [3.63, 3.8) is 0 Å². The van der Waals surface area contributed by atoms with Gasteiger partial charge in [0.05, 0.1) is 64.5 Å². The highest BCUT2D eigenvalue weighted by atomic mass is 79.9. The first kappa shape index (κ1) is 41.0. The summed E-state index contributed by atoms with van der Waals surface area (Å²) in [7, 11) is 0. The number of imidazole rings is 2. The van der Waals surface area contributed by atoms with Gasteiger partial charge in [-0.25, -0.2) is 24.7 Å². The molecule has 324 valence electrons. The minimum atomic E-state index is -4.48. The van der Waals surface area contributed by atoms with Crippen LogP contribution in [0.4, 0.5) is 37.1 Å². The van der Waals surface area contributed by atoms with Crippen molar-refractivity contribution in [2.75, 3.05) is 44.3 Å². The number of benzene rings is 4. The molecule has 19 heteroatoms. The smallest absolute Gasteiger partial charge is 0.371 e. The summed E-state index contributed by atoms with van der Waals surface area (Å²) in [5.74, 6) is 1.82. The number of hydrogen-bond donors (Lipinski definition) is 1. The van der Waals surface area contributed by atoms with Crippen LogP contribution in [0, 0.1) is 0 Å². The van der Waals surface area contributed by atoms with E-state index in [1.54, 1.807) is 24.5 Å². The number of piperazine rings is 1. The van der Waals surface area contributed by atoms with Gasteiger partial charge in [0.2, 0.25) is 5.95 Å². The van der Waals surface area contributed by atoms with E-state index in [0.717, 1.165) is 44.3 Å². The van der Waals surface area contributed by atoms with Crippen LogP contribution in [0.2, 0.25) is 0 Å². The maximum absolute atomic E-state index is 13.8. The molecule has 2 amide bonds. The van der Waals surface area contributed by atoms with Crippen LogP contribution < -0.4 is 10.2 Å². The van der Waals surface area contributed by atoms with Gasteiger partial charge in [-0.05, 0) is 59.2 Å². The standard InChI is InChI=1S/C27H24F3N7O2.C17H12BrF3N2O/c28-27(29,30)20-4-2-1-3-19(20)23-14-39-15-24-34-21-6-5-16(9-22(21)37(23)24)17-10-31-25(32-11-17)35-7-8-36-18(13-35)12-33-26(36)38;18-10-5-6-13-14(7-10)23-15(8-24-9-16(23)22-13)11-3-1-2-4-12(11)17(19,20)21/h1-6,9-11,18,23H,7-8,12-15H2,(H,33,38);1-7,15H,8-9H2. The van der Waals surface area contributed by atoms with E-state index in [1.807, 2.05) is 50.4 Å². The summed E-state index contributed by atoms with van der Waals surface area (Å²) in [5, 5.41) is 2.87. The molecule has 7 heterocycles. The largest absolute Gasteiger partial charge is 0.416 e. The number of amides is 2. The number of anilines is 1. The molecule has 7 aromatic rings. The van der Waals surface area contributed by atoms with Crippen LogP contribution in [0.25, 0.3) is 33.2 Å². The van der Waals surface area contributed by atoms with Gasteiger partial charge in [-0.1, -0.05) is 58.4 Å². The Labute approximate surface area is 363 Å². The van der Waals surface area contributed by atoms with Crippen molar-refractivity contribution in [3.8, 4) is 11.1 Å². The van der Waals surface area contributed by atoms with E-state index in [2.05, 4.69) is 46.1 Å². The molecule has 0 spiro atoms. The zero-order valence-electron chi connectivity index (χ0n) is 33.1. The maximum Gasteiger partial charge on any atom is 0.416 e. The number of fused-ring (bicyclic) bond motifs is 7. The fourth-order valence-corrected chi connectivity index (χ4v) is 9.33. The summed E-state index contributed by atoms with van der Waals surface area (Å²) in [5.41, 5.74) is 3.62. The average Bonchev–Trinajstić information content (AvgIpc) is 3.98. The predicted octanol–water partition coefficient (Wildman–Crippen LogP) is 8.78. The number of hydrogen-bond acceptors (Lipinski definition) is 8. The van der Waals surface area contributed by atoms with Gasteiger partial charge in [0, 0.05) is 48.6 Å². The van der Waals surface area contributed by atoms with Crippen molar-refractivity contribution < 1.29 is 40.6 Å². The molecule has 63 heavy (non-hydrogen) atoms. The van der Waals surface area contributed by atoms with Gasteiger partial charge in [-0.15, -0.1) is 0 Å². The van der Waals surface area contributed by atoms with Crippen LogP contribution in [-0.4, -0.2) is 85.4 Å². The van der Waals surface area contributed by atoms with E-state index in [1.165, 1.54) is 24.3 Å². The summed E-state index contributed by atoms with van der Waals surface area (Å²) in [6, 6.07) is 21.4. The molecule has 0 saturated carbocycles. The Morgan fingerprint density at radius 1 is 0.683 bits per heavy atom. The number of rotatable bonds is 4. The lowest BCUT2D eigenvalue weighted by molar-refractivity contribution is -0.139. The molecule has 3 aromatic heterocycles. The van der Waals surface area contributed by atoms with Gasteiger partial charge >= 0.3 is 18.4 Å². The zero-order valence-corrected chi connectivity index (χ0v) is 34.7. The van der Waals surface area contributed by atoms with Crippen molar-refractivity contribution in [1.29, 1.82) is 0 Å². The third kappa shape index (κ3) is 7.64. The highest BCUT2D eigenvalue weighted by Crippen LogP contribution is 2.41. The molecule has 4 aliphatic rings. The number of ether oxygens (including phenoxy) is 2. The van der Waals surface area contributed by atoms with E-state index < -0.39 is 35.6 Å². The third-order valence-electron chi connectivity index (χ3n) is 11.9. The number of carbonyl (C=O) groups is 1. The highest BCUT2D eigenvalue weighted by molar-refractivity contribution is 9.10. The average molecular weight is 933 g/mol. The Morgan fingerprint density at radius 2 is 1.24 bits per heavy atom. The van der Waals surface area contributed by atoms with Crippen molar-refractivity contribution in [3.05, 3.63) is 136 Å². The van der Waals surface area contributed by atoms with Crippen LogP contribution in [0.3, 0.4) is 0 Å². The quantitative estimate of drug-likeness (QED) is 0.174.